The van der Waals surface area contributed by atoms with E-state index in [0.29, 0.717) is 0 Å². The summed E-state index contributed by atoms with van der Waals surface area (Å²) in [5, 5.41) is 8.39. The van der Waals surface area contributed by atoms with Crippen LogP contribution in [0, 0.1) is 27.7 Å². The van der Waals surface area contributed by atoms with Crippen LogP contribution in [0.3, 0.4) is 0 Å². The monoisotopic (exact) mass is 417 g/mol. The second-order valence-corrected chi connectivity index (χ2v) is 8.20. The first-order chi connectivity index (χ1) is 14.4. The van der Waals surface area contributed by atoms with Crippen LogP contribution < -0.4 is 5.32 Å². The van der Waals surface area contributed by atoms with Gasteiger partial charge in [-0.05, 0) is 52.0 Å². The molecule has 0 unspecified atom stereocenters. The van der Waals surface area contributed by atoms with Crippen molar-refractivity contribution < 1.29 is 4.79 Å². The number of carbonyl (C=O) groups is 1. The number of carbonyl (C=O) groups excluding carboxylic acids is 1. The molecule has 0 aliphatic rings. The maximum absolute atomic E-state index is 12.6. The molecule has 4 rings (SSSR count). The minimum absolute atomic E-state index is 0.0935. The lowest BCUT2D eigenvalue weighted by Gasteiger charge is -2.08. The average Bonchev–Trinajstić information content (AvgIpc) is 3.01. The summed E-state index contributed by atoms with van der Waals surface area (Å²) in [6.45, 7) is 7.83. The molecule has 2 heterocycles. The third-order valence-electron chi connectivity index (χ3n) is 4.88. The highest BCUT2D eigenvalue weighted by Crippen LogP contribution is 2.25. The smallest absolute Gasteiger partial charge is 0.234 e. The zero-order valence-corrected chi connectivity index (χ0v) is 18.2. The minimum atomic E-state index is -0.0935. The van der Waals surface area contributed by atoms with Gasteiger partial charge in [0.15, 0.2) is 0 Å². The summed E-state index contributed by atoms with van der Waals surface area (Å²) in [4.78, 5) is 21.9. The van der Waals surface area contributed by atoms with Gasteiger partial charge >= 0.3 is 0 Å². The lowest BCUT2D eigenvalue weighted by Crippen LogP contribution is -2.15. The molecular formula is C23H23N5OS. The van der Waals surface area contributed by atoms with Crippen molar-refractivity contribution in [1.29, 1.82) is 0 Å². The topological polar surface area (TPSA) is 72.7 Å². The van der Waals surface area contributed by atoms with E-state index in [-0.39, 0.29) is 11.7 Å². The number of aromatic nitrogens is 4. The number of para-hydroxylation sites is 2. The Kier molecular flexibility index (Phi) is 5.55. The summed E-state index contributed by atoms with van der Waals surface area (Å²) in [7, 11) is 0. The summed E-state index contributed by atoms with van der Waals surface area (Å²) in [5.74, 6) is 0.159. The van der Waals surface area contributed by atoms with Crippen molar-refractivity contribution in [2.45, 2.75) is 32.7 Å². The first-order valence-corrected chi connectivity index (χ1v) is 10.7. The van der Waals surface area contributed by atoms with Crippen molar-refractivity contribution in [3.8, 4) is 5.69 Å². The van der Waals surface area contributed by atoms with E-state index in [1.165, 1.54) is 17.3 Å². The Labute approximate surface area is 179 Å². The Morgan fingerprint density at radius 3 is 2.30 bits per heavy atom. The molecule has 0 radical (unpaired) electrons. The zero-order chi connectivity index (χ0) is 21.3. The SMILES string of the molecule is Cc1ccc(-n2nc(C)c(NC(=O)CSc3nc4ccccc4nc3C)c2C)cc1. The average molecular weight is 418 g/mol. The Morgan fingerprint density at radius 1 is 0.933 bits per heavy atom. The maximum atomic E-state index is 12.6. The molecule has 7 heteroatoms. The number of benzene rings is 2. The Morgan fingerprint density at radius 2 is 1.60 bits per heavy atom. The Hall–Kier alpha value is -3.19. The number of amides is 1. The normalized spacial score (nSPS) is 11.1. The number of nitrogens with zero attached hydrogens (tertiary/aromatic N) is 4. The molecule has 0 fully saturated rings. The zero-order valence-electron chi connectivity index (χ0n) is 17.4. The minimum Gasteiger partial charge on any atom is -0.322 e. The second-order valence-electron chi connectivity index (χ2n) is 7.23. The predicted molar refractivity (Wildman–Crippen MR) is 121 cm³/mol. The van der Waals surface area contributed by atoms with E-state index in [1.54, 1.807) is 0 Å². The molecule has 0 saturated heterocycles. The van der Waals surface area contributed by atoms with Crippen molar-refractivity contribution in [2.75, 3.05) is 11.1 Å². The van der Waals surface area contributed by atoms with E-state index in [9.17, 15) is 4.79 Å². The molecule has 0 bridgehead atoms. The number of rotatable bonds is 5. The van der Waals surface area contributed by atoms with Crippen LogP contribution in [0.25, 0.3) is 16.7 Å². The van der Waals surface area contributed by atoms with Gasteiger partial charge in [0, 0.05) is 0 Å². The van der Waals surface area contributed by atoms with Crippen LogP contribution >= 0.6 is 11.8 Å². The molecule has 1 N–H and O–H groups in total. The Bertz CT molecular complexity index is 1230. The quantitative estimate of drug-likeness (QED) is 0.473. The van der Waals surface area contributed by atoms with Crippen LogP contribution in [0.4, 0.5) is 5.69 Å². The van der Waals surface area contributed by atoms with Gasteiger partial charge in [-0.3, -0.25) is 4.79 Å². The van der Waals surface area contributed by atoms with Gasteiger partial charge in [0.1, 0.15) is 5.03 Å². The predicted octanol–water partition coefficient (Wildman–Crippen LogP) is 4.78. The molecule has 0 saturated carbocycles. The number of fused-ring (bicyclic) bond motifs is 1. The maximum Gasteiger partial charge on any atom is 0.234 e. The first kappa shape index (κ1) is 20.1. The van der Waals surface area contributed by atoms with Crippen LogP contribution in [-0.4, -0.2) is 31.4 Å². The lowest BCUT2D eigenvalue weighted by molar-refractivity contribution is -0.113. The Balaban J connectivity index is 1.48. The van der Waals surface area contributed by atoms with Gasteiger partial charge in [0.25, 0.3) is 0 Å². The molecule has 1 amide bonds. The number of hydrogen-bond donors (Lipinski definition) is 1. The van der Waals surface area contributed by atoms with Crippen molar-refractivity contribution in [3.05, 3.63) is 71.2 Å². The van der Waals surface area contributed by atoms with Gasteiger partial charge in [-0.25, -0.2) is 14.6 Å². The van der Waals surface area contributed by atoms with E-state index in [2.05, 4.69) is 27.3 Å². The number of hydrogen-bond acceptors (Lipinski definition) is 5. The molecular weight excluding hydrogens is 394 g/mol. The highest BCUT2D eigenvalue weighted by atomic mass is 32.2. The van der Waals surface area contributed by atoms with Crippen LogP contribution in [-0.2, 0) is 4.79 Å². The van der Waals surface area contributed by atoms with Gasteiger partial charge in [0.2, 0.25) is 5.91 Å². The van der Waals surface area contributed by atoms with Gasteiger partial charge in [-0.1, -0.05) is 41.6 Å². The first-order valence-electron chi connectivity index (χ1n) is 9.71. The number of aryl methyl sites for hydroxylation is 3. The highest BCUT2D eigenvalue weighted by molar-refractivity contribution is 8.00. The van der Waals surface area contributed by atoms with E-state index in [1.807, 2.05) is 74.0 Å². The van der Waals surface area contributed by atoms with Crippen molar-refractivity contribution >= 4 is 34.4 Å². The molecule has 6 nitrogen and oxygen atoms in total. The van der Waals surface area contributed by atoms with Crippen molar-refractivity contribution in [1.82, 2.24) is 19.7 Å². The number of anilines is 1. The lowest BCUT2D eigenvalue weighted by atomic mass is 10.2. The summed E-state index contributed by atoms with van der Waals surface area (Å²) in [6.07, 6.45) is 0. The molecule has 4 aromatic rings. The van der Waals surface area contributed by atoms with E-state index in [4.69, 9.17) is 0 Å². The summed E-state index contributed by atoms with van der Waals surface area (Å²) in [5.41, 5.74) is 7.12. The third-order valence-corrected chi connectivity index (χ3v) is 5.94. The summed E-state index contributed by atoms with van der Waals surface area (Å²) in [6, 6.07) is 15.9. The standard InChI is InChI=1S/C23H23N5OS/c1-14-9-11-18(12-10-14)28-17(4)22(15(2)27-28)26-21(29)13-30-23-16(3)24-19-7-5-6-8-20(19)25-23/h5-12H,13H2,1-4H3,(H,26,29). The van der Waals surface area contributed by atoms with Crippen LogP contribution in [0.2, 0.25) is 0 Å². The number of nitrogens with one attached hydrogen (secondary N) is 1. The van der Waals surface area contributed by atoms with Crippen LogP contribution in [0.15, 0.2) is 53.6 Å². The third kappa shape index (κ3) is 4.07. The summed E-state index contributed by atoms with van der Waals surface area (Å²) >= 11 is 1.39. The van der Waals surface area contributed by atoms with Crippen LogP contribution in [0.5, 0.6) is 0 Å². The fourth-order valence-corrected chi connectivity index (χ4v) is 4.04. The van der Waals surface area contributed by atoms with E-state index in [0.717, 1.165) is 44.5 Å². The molecule has 2 aromatic carbocycles. The van der Waals surface area contributed by atoms with Crippen molar-refractivity contribution in [2.24, 2.45) is 0 Å². The van der Waals surface area contributed by atoms with Gasteiger partial charge < -0.3 is 5.32 Å². The molecule has 30 heavy (non-hydrogen) atoms. The van der Waals surface area contributed by atoms with Gasteiger partial charge in [-0.2, -0.15) is 5.10 Å². The van der Waals surface area contributed by atoms with Crippen LogP contribution in [0.1, 0.15) is 22.6 Å². The molecule has 152 valence electrons. The number of thioether (sulfide) groups is 1. The fraction of sp³-hybridized carbons (Fsp3) is 0.217. The molecule has 2 aromatic heterocycles. The van der Waals surface area contributed by atoms with Gasteiger partial charge in [0.05, 0.1) is 45.2 Å². The van der Waals surface area contributed by atoms with E-state index < -0.39 is 0 Å². The fourth-order valence-electron chi connectivity index (χ4n) is 3.28. The summed E-state index contributed by atoms with van der Waals surface area (Å²) < 4.78 is 1.86. The highest BCUT2D eigenvalue weighted by Gasteiger charge is 2.16. The van der Waals surface area contributed by atoms with E-state index >= 15 is 0 Å². The molecule has 0 aliphatic heterocycles. The van der Waals surface area contributed by atoms with Gasteiger partial charge in [-0.15, -0.1) is 0 Å². The molecule has 0 atom stereocenters. The molecule has 0 spiro atoms. The molecule has 0 aliphatic carbocycles. The second kappa shape index (κ2) is 8.28. The largest absolute Gasteiger partial charge is 0.322 e. The van der Waals surface area contributed by atoms with Crippen molar-refractivity contribution in [3.63, 3.8) is 0 Å².